The number of amides is 1. The van der Waals surface area contributed by atoms with Crippen molar-refractivity contribution in [1.29, 1.82) is 0 Å². The van der Waals surface area contributed by atoms with E-state index in [0.29, 0.717) is 4.90 Å². The fraction of sp³-hybridized carbons (Fsp3) is 0.667. The molecule has 0 unspecified atom stereocenters. The van der Waals surface area contributed by atoms with Crippen molar-refractivity contribution in [3.63, 3.8) is 0 Å². The molecular weight excluding hydrogens is 134 g/mol. The summed E-state index contributed by atoms with van der Waals surface area (Å²) in [5, 5.41) is 8.57. The molecule has 1 aliphatic rings. The van der Waals surface area contributed by atoms with Gasteiger partial charge in [-0.05, 0) is 0 Å². The average Bonchev–Trinajstić information content (AvgIpc) is 1.98. The summed E-state index contributed by atoms with van der Waals surface area (Å²) in [5.74, 6) is -1.19. The second-order valence-corrected chi connectivity index (χ2v) is 1.82. The van der Waals surface area contributed by atoms with E-state index in [4.69, 9.17) is 10.6 Å². The van der Waals surface area contributed by atoms with Gasteiger partial charge in [-0.3, -0.25) is 4.79 Å². The highest BCUT2D eigenvalue weighted by atomic mass is 16.4. The van der Waals surface area contributed by atoms with Crippen LogP contribution in [0, 0.1) is 0 Å². The van der Waals surface area contributed by atoms with Gasteiger partial charge in [0.2, 0.25) is 0 Å². The van der Waals surface area contributed by atoms with E-state index in [0.717, 1.165) is 0 Å². The number of likely N-dealkylation sites (tertiary alicyclic amines) is 1. The second kappa shape index (κ2) is 2.68. The highest BCUT2D eigenvalue weighted by Crippen LogP contribution is 2.04. The summed E-state index contributed by atoms with van der Waals surface area (Å²) in [6.07, 6.45) is -6.31. The third kappa shape index (κ3) is 1.46. The van der Waals surface area contributed by atoms with Gasteiger partial charge in [0.05, 0.1) is 0 Å². The Morgan fingerprint density at radius 2 is 2.10 bits per heavy atom. The van der Waals surface area contributed by atoms with E-state index in [9.17, 15) is 9.59 Å². The van der Waals surface area contributed by atoms with Crippen LogP contribution in [-0.4, -0.2) is 35.0 Å². The van der Waals surface area contributed by atoms with Crippen molar-refractivity contribution in [2.75, 3.05) is 13.1 Å². The summed E-state index contributed by atoms with van der Waals surface area (Å²) in [7, 11) is 0. The van der Waals surface area contributed by atoms with Crippen LogP contribution >= 0.6 is 0 Å². The monoisotopic (exact) mass is 147 g/mol. The van der Waals surface area contributed by atoms with Gasteiger partial charge < -0.3 is 10.0 Å². The van der Waals surface area contributed by atoms with Gasteiger partial charge in [-0.25, -0.2) is 4.79 Å². The van der Waals surface area contributed by atoms with Gasteiger partial charge >= 0.3 is 6.09 Å². The molecule has 4 heteroatoms. The van der Waals surface area contributed by atoms with Crippen LogP contribution in [0.3, 0.4) is 0 Å². The third-order valence-corrected chi connectivity index (χ3v) is 1.13. The summed E-state index contributed by atoms with van der Waals surface area (Å²) < 4.78 is 28.7. The Balaban J connectivity index is 2.97. The Hall–Kier alpha value is -1.06. The predicted octanol–water partition coefficient (Wildman–Crippen LogP) is 0.329. The molecule has 1 rings (SSSR count). The zero-order valence-electron chi connectivity index (χ0n) is 9.13. The number of ketones is 1. The van der Waals surface area contributed by atoms with Crippen LogP contribution in [0.4, 0.5) is 4.79 Å². The third-order valence-electron chi connectivity index (χ3n) is 1.13. The van der Waals surface area contributed by atoms with Crippen LogP contribution in [-0.2, 0) is 4.79 Å². The van der Waals surface area contributed by atoms with Gasteiger partial charge in [0.1, 0.15) is 5.78 Å². The largest absolute Gasteiger partial charge is 0.465 e. The van der Waals surface area contributed by atoms with Gasteiger partial charge in [0, 0.05) is 31.3 Å². The van der Waals surface area contributed by atoms with Crippen molar-refractivity contribution in [2.24, 2.45) is 0 Å². The molecule has 0 bridgehead atoms. The van der Waals surface area contributed by atoms with Crippen molar-refractivity contribution in [1.82, 2.24) is 4.90 Å². The Bertz CT molecular complexity index is 271. The van der Waals surface area contributed by atoms with Crippen LogP contribution in [0.15, 0.2) is 0 Å². The van der Waals surface area contributed by atoms with E-state index in [1.165, 1.54) is 0 Å². The van der Waals surface area contributed by atoms with Gasteiger partial charge in [0.15, 0.2) is 0 Å². The van der Waals surface area contributed by atoms with Crippen LogP contribution in [0.2, 0.25) is 0 Å². The number of piperidine rings is 1. The molecular formula is C6H9NO3. The topological polar surface area (TPSA) is 57.6 Å². The first kappa shape index (κ1) is 3.37. The molecule has 0 radical (unpaired) electrons. The lowest BCUT2D eigenvalue weighted by Gasteiger charge is -2.22. The fourth-order valence-corrected chi connectivity index (χ4v) is 0.588. The lowest BCUT2D eigenvalue weighted by Crippen LogP contribution is -2.37. The molecule has 1 N–H and O–H groups in total. The van der Waals surface area contributed by atoms with Crippen LogP contribution in [0.25, 0.3) is 0 Å². The minimum absolute atomic E-state index is 0.571. The van der Waals surface area contributed by atoms with Crippen molar-refractivity contribution in [3.8, 4) is 0 Å². The smallest absolute Gasteiger partial charge is 0.407 e. The predicted molar refractivity (Wildman–Crippen MR) is 33.8 cm³/mol. The van der Waals surface area contributed by atoms with Crippen LogP contribution in [0.1, 0.15) is 18.2 Å². The fourth-order valence-electron chi connectivity index (χ4n) is 0.588. The number of carboxylic acid groups (broad SMARTS) is 1. The molecule has 1 heterocycles. The average molecular weight is 147 g/mol. The second-order valence-electron chi connectivity index (χ2n) is 1.82. The van der Waals surface area contributed by atoms with E-state index in [2.05, 4.69) is 0 Å². The summed E-state index contributed by atoms with van der Waals surface area (Å²) in [4.78, 5) is 22.3. The first-order valence-corrected chi connectivity index (χ1v) is 2.70. The molecule has 1 aliphatic heterocycles. The molecule has 0 saturated carbocycles. The first-order valence-electron chi connectivity index (χ1n) is 4.70. The molecule has 0 spiro atoms. The maximum atomic E-state index is 11.2. The lowest BCUT2D eigenvalue weighted by molar-refractivity contribution is -0.121. The molecule has 0 aromatic rings. The number of hydrogen-bond donors (Lipinski definition) is 1. The summed E-state index contributed by atoms with van der Waals surface area (Å²) >= 11 is 0. The summed E-state index contributed by atoms with van der Waals surface area (Å²) in [5.41, 5.74) is 0. The Labute approximate surface area is 64.1 Å². The number of nitrogens with zero attached hydrogens (tertiary/aromatic N) is 1. The van der Waals surface area contributed by atoms with Gasteiger partial charge in [-0.1, -0.05) is 0 Å². The first-order chi connectivity index (χ1) is 6.17. The summed E-state index contributed by atoms with van der Waals surface area (Å²) in [6, 6.07) is 0. The van der Waals surface area contributed by atoms with Gasteiger partial charge in [0.25, 0.3) is 0 Å². The quantitative estimate of drug-likeness (QED) is 0.537. The standard InChI is InChI=1S/C6H9NO3/c8-5-1-3-7(4-2-5)6(9)10/h1-4H2,(H,9,10)/i1D2,2D2. The van der Waals surface area contributed by atoms with Crippen molar-refractivity contribution >= 4 is 11.9 Å². The maximum Gasteiger partial charge on any atom is 0.407 e. The SMILES string of the molecule is [2H]C1([2H])CN(C(=O)O)CC([2H])([2H])C1=O. The van der Waals surface area contributed by atoms with E-state index < -0.39 is 37.7 Å². The molecule has 56 valence electrons. The molecule has 1 fully saturated rings. The highest BCUT2D eigenvalue weighted by Gasteiger charge is 2.19. The van der Waals surface area contributed by atoms with Crippen LogP contribution in [0.5, 0.6) is 0 Å². The van der Waals surface area contributed by atoms with Crippen molar-refractivity contribution in [3.05, 3.63) is 0 Å². The van der Waals surface area contributed by atoms with E-state index in [1.807, 2.05) is 0 Å². The molecule has 10 heavy (non-hydrogen) atoms. The maximum absolute atomic E-state index is 11.2. The summed E-state index contributed by atoms with van der Waals surface area (Å²) in [6.45, 7) is -1.22. The Morgan fingerprint density at radius 3 is 2.50 bits per heavy atom. The Kier molecular flexibility index (Phi) is 0.903. The molecule has 1 amide bonds. The Morgan fingerprint density at radius 1 is 1.60 bits per heavy atom. The molecule has 4 nitrogen and oxygen atoms in total. The number of carbonyl (C=O) groups excluding carboxylic acids is 1. The van der Waals surface area contributed by atoms with Crippen LogP contribution < -0.4 is 0 Å². The normalized spacial score (nSPS) is 35.2. The zero-order valence-corrected chi connectivity index (χ0v) is 5.13. The highest BCUT2D eigenvalue weighted by molar-refractivity contribution is 5.81. The molecule has 0 atom stereocenters. The minimum atomic E-state index is -2.44. The number of rotatable bonds is 0. The van der Waals surface area contributed by atoms with Crippen molar-refractivity contribution < 1.29 is 20.2 Å². The number of hydrogen-bond acceptors (Lipinski definition) is 2. The molecule has 0 aromatic heterocycles. The van der Waals surface area contributed by atoms with E-state index in [1.54, 1.807) is 0 Å². The number of carbonyl (C=O) groups is 2. The zero-order chi connectivity index (χ0) is 11.1. The molecule has 1 saturated heterocycles. The van der Waals surface area contributed by atoms with E-state index >= 15 is 0 Å². The minimum Gasteiger partial charge on any atom is -0.465 e. The number of Topliss-reactive ketones (excluding diaryl/α,β-unsaturated/α-hetero) is 1. The van der Waals surface area contributed by atoms with Crippen molar-refractivity contribution in [2.45, 2.75) is 12.7 Å². The lowest BCUT2D eigenvalue weighted by atomic mass is 10.1. The molecule has 0 aromatic carbocycles. The molecule has 0 aliphatic carbocycles. The van der Waals surface area contributed by atoms with Gasteiger partial charge in [-0.2, -0.15) is 0 Å². The van der Waals surface area contributed by atoms with Gasteiger partial charge in [-0.15, -0.1) is 0 Å². The van der Waals surface area contributed by atoms with E-state index in [-0.39, 0.29) is 0 Å².